The first-order valence-corrected chi connectivity index (χ1v) is 8.41. The molecular formula is C17H16BrN5. The highest BCUT2D eigenvalue weighted by Crippen LogP contribution is 2.23. The molecule has 0 bridgehead atoms. The third-order valence-electron chi connectivity index (χ3n) is 4.12. The zero-order chi connectivity index (χ0) is 15.6. The molecule has 1 aromatic carbocycles. The number of nitrogens with zero attached hydrogens (tertiary/aromatic N) is 5. The van der Waals surface area contributed by atoms with Crippen molar-refractivity contribution in [1.29, 1.82) is 0 Å². The monoisotopic (exact) mass is 369 g/mol. The van der Waals surface area contributed by atoms with Gasteiger partial charge in [-0.3, -0.25) is 4.98 Å². The number of halogens is 1. The number of fused-ring (bicyclic) bond motifs is 1. The van der Waals surface area contributed by atoms with E-state index in [-0.39, 0.29) is 0 Å². The van der Waals surface area contributed by atoms with Crippen LogP contribution in [0.25, 0.3) is 10.9 Å². The van der Waals surface area contributed by atoms with Gasteiger partial charge >= 0.3 is 0 Å². The Morgan fingerprint density at radius 1 is 0.870 bits per heavy atom. The van der Waals surface area contributed by atoms with Crippen molar-refractivity contribution in [3.63, 3.8) is 0 Å². The van der Waals surface area contributed by atoms with Crippen LogP contribution in [-0.4, -0.2) is 41.1 Å². The van der Waals surface area contributed by atoms with E-state index in [1.807, 2.05) is 12.3 Å². The molecular weight excluding hydrogens is 354 g/mol. The van der Waals surface area contributed by atoms with Gasteiger partial charge in [0.05, 0.1) is 11.7 Å². The van der Waals surface area contributed by atoms with Crippen molar-refractivity contribution in [2.24, 2.45) is 0 Å². The lowest BCUT2D eigenvalue weighted by atomic mass is 10.2. The Balaban J connectivity index is 1.52. The summed E-state index contributed by atoms with van der Waals surface area (Å²) >= 11 is 3.51. The Bertz CT molecular complexity index is 816. The molecule has 1 saturated heterocycles. The second kappa shape index (κ2) is 6.12. The first-order valence-electron chi connectivity index (χ1n) is 7.62. The first kappa shape index (κ1) is 14.4. The number of hydrogen-bond acceptors (Lipinski definition) is 5. The summed E-state index contributed by atoms with van der Waals surface area (Å²) in [5, 5.41) is 1.16. The summed E-state index contributed by atoms with van der Waals surface area (Å²) in [6.07, 6.45) is 5.27. The van der Waals surface area contributed by atoms with E-state index in [9.17, 15) is 0 Å². The highest BCUT2D eigenvalue weighted by Gasteiger charge is 2.19. The summed E-state index contributed by atoms with van der Waals surface area (Å²) in [6.45, 7) is 3.72. The average Bonchev–Trinajstić information content (AvgIpc) is 2.62. The molecule has 0 aliphatic carbocycles. The van der Waals surface area contributed by atoms with E-state index in [1.165, 1.54) is 0 Å². The van der Waals surface area contributed by atoms with Gasteiger partial charge in [0.25, 0.3) is 0 Å². The minimum absolute atomic E-state index is 0.927. The maximum atomic E-state index is 4.81. The molecule has 1 fully saturated rings. The lowest BCUT2D eigenvalue weighted by Gasteiger charge is -2.35. The predicted octanol–water partition coefficient (Wildman–Crippen LogP) is 3.11. The number of aromatic nitrogens is 3. The molecule has 3 aromatic rings. The second-order valence-corrected chi connectivity index (χ2v) is 6.46. The number of pyridine rings is 1. The molecule has 0 amide bonds. The van der Waals surface area contributed by atoms with Gasteiger partial charge in [-0.05, 0) is 24.3 Å². The molecule has 0 unspecified atom stereocenters. The van der Waals surface area contributed by atoms with Crippen LogP contribution in [0.3, 0.4) is 0 Å². The Morgan fingerprint density at radius 2 is 1.61 bits per heavy atom. The normalized spacial score (nSPS) is 15.2. The molecule has 3 heterocycles. The van der Waals surface area contributed by atoms with Gasteiger partial charge < -0.3 is 9.80 Å². The Kier molecular flexibility index (Phi) is 3.83. The van der Waals surface area contributed by atoms with Crippen molar-refractivity contribution in [2.45, 2.75) is 0 Å². The first-order chi connectivity index (χ1) is 11.3. The fraction of sp³-hybridized carbons (Fsp3) is 0.235. The van der Waals surface area contributed by atoms with Gasteiger partial charge in [0.2, 0.25) is 0 Å². The molecule has 4 rings (SSSR count). The van der Waals surface area contributed by atoms with Gasteiger partial charge in [0.1, 0.15) is 11.6 Å². The van der Waals surface area contributed by atoms with Crippen molar-refractivity contribution >= 4 is 38.5 Å². The quantitative estimate of drug-likeness (QED) is 0.694. The van der Waals surface area contributed by atoms with Crippen molar-refractivity contribution in [2.75, 3.05) is 36.0 Å². The van der Waals surface area contributed by atoms with Crippen LogP contribution in [0.5, 0.6) is 0 Å². The fourth-order valence-electron chi connectivity index (χ4n) is 2.87. The molecule has 0 radical (unpaired) electrons. The summed E-state index contributed by atoms with van der Waals surface area (Å²) in [5.41, 5.74) is 1.02. The van der Waals surface area contributed by atoms with Crippen molar-refractivity contribution < 1.29 is 0 Å². The number of hydrogen-bond donors (Lipinski definition) is 0. The molecule has 0 saturated carbocycles. The van der Waals surface area contributed by atoms with E-state index in [1.54, 1.807) is 12.4 Å². The number of anilines is 2. The summed E-state index contributed by atoms with van der Waals surface area (Å²) in [7, 11) is 0. The van der Waals surface area contributed by atoms with Gasteiger partial charge in [-0.15, -0.1) is 0 Å². The van der Waals surface area contributed by atoms with Gasteiger partial charge in [0, 0.05) is 48.4 Å². The van der Waals surface area contributed by atoms with E-state index in [0.29, 0.717) is 0 Å². The molecule has 1 aliphatic heterocycles. The maximum Gasteiger partial charge on any atom is 0.147 e. The average molecular weight is 370 g/mol. The highest BCUT2D eigenvalue weighted by atomic mass is 79.9. The van der Waals surface area contributed by atoms with Gasteiger partial charge in [0.15, 0.2) is 0 Å². The fourth-order valence-corrected chi connectivity index (χ4v) is 3.22. The number of piperazine rings is 1. The maximum absolute atomic E-state index is 4.81. The molecule has 0 atom stereocenters. The highest BCUT2D eigenvalue weighted by molar-refractivity contribution is 9.10. The lowest BCUT2D eigenvalue weighted by molar-refractivity contribution is 0.641. The van der Waals surface area contributed by atoms with Gasteiger partial charge in [-0.2, -0.15) is 0 Å². The summed E-state index contributed by atoms with van der Waals surface area (Å²) in [5.74, 6) is 1.98. The largest absolute Gasteiger partial charge is 0.353 e. The van der Waals surface area contributed by atoms with Crippen LogP contribution in [0.15, 0.2) is 53.4 Å². The van der Waals surface area contributed by atoms with Crippen molar-refractivity contribution in [1.82, 2.24) is 15.0 Å². The van der Waals surface area contributed by atoms with Gasteiger partial charge in [-0.25, -0.2) is 9.97 Å². The molecule has 1 aliphatic rings. The van der Waals surface area contributed by atoms with Crippen molar-refractivity contribution in [3.8, 4) is 0 Å². The molecule has 116 valence electrons. The van der Waals surface area contributed by atoms with Crippen molar-refractivity contribution in [3.05, 3.63) is 53.4 Å². The van der Waals surface area contributed by atoms with Crippen LogP contribution in [0.4, 0.5) is 11.6 Å². The predicted molar refractivity (Wildman–Crippen MR) is 95.9 cm³/mol. The van der Waals surface area contributed by atoms with E-state index in [4.69, 9.17) is 4.98 Å². The van der Waals surface area contributed by atoms with Crippen LogP contribution in [-0.2, 0) is 0 Å². The molecule has 23 heavy (non-hydrogen) atoms. The van der Waals surface area contributed by atoms with Crippen LogP contribution in [0.1, 0.15) is 0 Å². The molecule has 5 nitrogen and oxygen atoms in total. The molecule has 2 aromatic heterocycles. The van der Waals surface area contributed by atoms with E-state index in [2.05, 4.69) is 60.0 Å². The van der Waals surface area contributed by atoms with E-state index >= 15 is 0 Å². The van der Waals surface area contributed by atoms with E-state index in [0.717, 1.165) is 53.2 Å². The summed E-state index contributed by atoms with van der Waals surface area (Å²) in [4.78, 5) is 17.9. The smallest absolute Gasteiger partial charge is 0.147 e. The number of benzene rings is 1. The third-order valence-corrected chi connectivity index (χ3v) is 4.61. The third kappa shape index (κ3) is 2.99. The molecule has 0 spiro atoms. The minimum Gasteiger partial charge on any atom is -0.353 e. The molecule has 0 N–H and O–H groups in total. The standard InChI is InChI=1S/C17H16BrN5/c18-14-3-1-13-2-4-16(21-15(13)11-14)22-7-9-23(10-8-22)17-12-19-5-6-20-17/h1-6,11-12H,7-10H2. The van der Waals surface area contributed by atoms with Gasteiger partial charge in [-0.1, -0.05) is 22.0 Å². The summed E-state index contributed by atoms with van der Waals surface area (Å²) < 4.78 is 1.06. The van der Waals surface area contributed by atoms with Crippen LogP contribution < -0.4 is 9.80 Å². The zero-order valence-corrected chi connectivity index (χ0v) is 14.1. The SMILES string of the molecule is Brc1ccc2ccc(N3CCN(c4cnccn4)CC3)nc2c1. The Labute approximate surface area is 143 Å². The minimum atomic E-state index is 0.927. The lowest BCUT2D eigenvalue weighted by Crippen LogP contribution is -2.47. The molecule has 6 heteroatoms. The number of rotatable bonds is 2. The van der Waals surface area contributed by atoms with Crippen LogP contribution in [0.2, 0.25) is 0 Å². The van der Waals surface area contributed by atoms with Crippen LogP contribution in [0, 0.1) is 0 Å². The zero-order valence-electron chi connectivity index (χ0n) is 12.6. The summed E-state index contributed by atoms with van der Waals surface area (Å²) in [6, 6.07) is 10.4. The van der Waals surface area contributed by atoms with E-state index < -0.39 is 0 Å². The topological polar surface area (TPSA) is 45.2 Å². The van der Waals surface area contributed by atoms with Crippen LogP contribution >= 0.6 is 15.9 Å². The Hall–Kier alpha value is -2.21. The Morgan fingerprint density at radius 3 is 2.35 bits per heavy atom. The second-order valence-electron chi connectivity index (χ2n) is 5.54.